The Morgan fingerprint density at radius 1 is 1.54 bits per heavy atom. The molecule has 0 saturated carbocycles. The molecule has 0 aliphatic heterocycles. The highest BCUT2D eigenvalue weighted by Crippen LogP contribution is 1.98. The summed E-state index contributed by atoms with van der Waals surface area (Å²) in [6.45, 7) is -0.365. The van der Waals surface area contributed by atoms with E-state index in [1.165, 1.54) is 12.3 Å². The topological polar surface area (TPSA) is 90.7 Å². The van der Waals surface area contributed by atoms with Crippen molar-refractivity contribution >= 4 is 18.9 Å². The summed E-state index contributed by atoms with van der Waals surface area (Å²) in [7, 11) is -1.80. The number of hydrogen-bond donors (Lipinski definition) is 3. The Bertz CT molecular complexity index is 315. The number of rotatable bonds is 3. The van der Waals surface area contributed by atoms with Crippen LogP contribution in [0.1, 0.15) is 16.1 Å². The summed E-state index contributed by atoms with van der Waals surface area (Å²) >= 11 is 0. The van der Waals surface area contributed by atoms with Gasteiger partial charge in [-0.15, -0.1) is 0 Å². The van der Waals surface area contributed by atoms with E-state index in [0.717, 1.165) is 0 Å². The highest BCUT2D eigenvalue weighted by atomic mass is 16.4. The monoisotopic (exact) mass is 181 g/mol. The van der Waals surface area contributed by atoms with E-state index in [9.17, 15) is 4.79 Å². The highest BCUT2D eigenvalue weighted by Gasteiger charge is 2.20. The molecular weight excluding hydrogens is 173 g/mol. The summed E-state index contributed by atoms with van der Waals surface area (Å²) in [5, 5.41) is 26.6. The number of aliphatic hydroxyl groups excluding tert-OH is 1. The van der Waals surface area contributed by atoms with Crippen molar-refractivity contribution in [3.05, 3.63) is 23.5 Å². The van der Waals surface area contributed by atoms with Crippen molar-refractivity contribution in [3.8, 4) is 0 Å². The molecule has 0 amide bonds. The van der Waals surface area contributed by atoms with Crippen molar-refractivity contribution < 1.29 is 19.9 Å². The van der Waals surface area contributed by atoms with Gasteiger partial charge in [0.05, 0.1) is 6.61 Å². The number of aliphatic hydroxyl groups is 1. The van der Waals surface area contributed by atoms with Gasteiger partial charge in [-0.2, -0.15) is 0 Å². The van der Waals surface area contributed by atoms with Crippen molar-refractivity contribution in [2.45, 2.75) is 6.61 Å². The van der Waals surface area contributed by atoms with Crippen LogP contribution >= 0.6 is 0 Å². The number of hydrogen-bond acceptors (Lipinski definition) is 5. The van der Waals surface area contributed by atoms with Crippen LogP contribution in [0.5, 0.6) is 0 Å². The summed E-state index contributed by atoms with van der Waals surface area (Å²) < 4.78 is 0. The van der Waals surface area contributed by atoms with Gasteiger partial charge in [-0.1, -0.05) is 0 Å². The van der Waals surface area contributed by atoms with Crippen molar-refractivity contribution in [2.24, 2.45) is 0 Å². The molecule has 0 fully saturated rings. The smallest absolute Gasteiger partial charge is 0.423 e. The van der Waals surface area contributed by atoms with Crippen LogP contribution in [-0.4, -0.2) is 33.5 Å². The first kappa shape index (κ1) is 9.85. The van der Waals surface area contributed by atoms with Gasteiger partial charge in [0.1, 0.15) is 5.69 Å². The zero-order valence-electron chi connectivity index (χ0n) is 6.71. The predicted octanol–water partition coefficient (Wildman–Crippen LogP) is -1.93. The van der Waals surface area contributed by atoms with E-state index in [-0.39, 0.29) is 23.3 Å². The lowest BCUT2D eigenvalue weighted by Gasteiger charge is -2.07. The minimum atomic E-state index is -1.80. The zero-order valence-corrected chi connectivity index (χ0v) is 6.71. The third-order valence-corrected chi connectivity index (χ3v) is 1.65. The molecule has 3 N–H and O–H groups in total. The van der Waals surface area contributed by atoms with Gasteiger partial charge in [-0.3, -0.25) is 9.78 Å². The molecule has 0 saturated heterocycles. The Morgan fingerprint density at radius 2 is 2.23 bits per heavy atom. The SMILES string of the molecule is O=Cc1nccc(CO)c1B(O)O. The second-order valence-electron chi connectivity index (χ2n) is 2.42. The maximum absolute atomic E-state index is 10.4. The first-order valence-electron chi connectivity index (χ1n) is 3.60. The van der Waals surface area contributed by atoms with Crippen LogP contribution in [0.2, 0.25) is 0 Å². The first-order valence-corrected chi connectivity index (χ1v) is 3.60. The summed E-state index contributed by atoms with van der Waals surface area (Å²) in [5.41, 5.74) is 0.175. The van der Waals surface area contributed by atoms with Crippen molar-refractivity contribution in [2.75, 3.05) is 0 Å². The minimum absolute atomic E-state index is 0.0417. The molecule has 13 heavy (non-hydrogen) atoms. The Kier molecular flexibility index (Phi) is 3.13. The normalized spacial score (nSPS) is 9.77. The van der Waals surface area contributed by atoms with Crippen molar-refractivity contribution in [3.63, 3.8) is 0 Å². The van der Waals surface area contributed by atoms with E-state index in [1.54, 1.807) is 0 Å². The van der Waals surface area contributed by atoms with Gasteiger partial charge in [0.15, 0.2) is 6.29 Å². The maximum Gasteiger partial charge on any atom is 0.491 e. The fourth-order valence-corrected chi connectivity index (χ4v) is 1.06. The molecule has 5 nitrogen and oxygen atoms in total. The average Bonchev–Trinajstić information content (AvgIpc) is 2.16. The number of carbonyl (C=O) groups excluding carboxylic acids is 1. The maximum atomic E-state index is 10.4. The summed E-state index contributed by atoms with van der Waals surface area (Å²) in [6.07, 6.45) is 1.73. The molecule has 0 aliphatic carbocycles. The van der Waals surface area contributed by atoms with Crippen LogP contribution in [0.25, 0.3) is 0 Å². The standard InChI is InChI=1S/C7H8BNO4/c10-3-5-1-2-9-6(4-11)7(5)8(12)13/h1-2,4,10,12-13H,3H2. The van der Waals surface area contributed by atoms with E-state index >= 15 is 0 Å². The Balaban J connectivity index is 3.29. The molecule has 0 aliphatic rings. The van der Waals surface area contributed by atoms with Crippen molar-refractivity contribution in [1.82, 2.24) is 4.98 Å². The molecule has 1 heterocycles. The molecule has 0 unspecified atom stereocenters. The Labute approximate surface area is 74.8 Å². The second kappa shape index (κ2) is 4.13. The molecule has 68 valence electrons. The number of aldehydes is 1. The Morgan fingerprint density at radius 3 is 2.69 bits per heavy atom. The molecule has 0 radical (unpaired) electrons. The van der Waals surface area contributed by atoms with E-state index in [4.69, 9.17) is 15.2 Å². The largest absolute Gasteiger partial charge is 0.491 e. The van der Waals surface area contributed by atoms with Crippen LogP contribution in [0.15, 0.2) is 12.3 Å². The molecule has 0 bridgehead atoms. The van der Waals surface area contributed by atoms with E-state index in [2.05, 4.69) is 4.98 Å². The highest BCUT2D eigenvalue weighted by molar-refractivity contribution is 6.60. The van der Waals surface area contributed by atoms with E-state index < -0.39 is 7.12 Å². The second-order valence-corrected chi connectivity index (χ2v) is 2.42. The third kappa shape index (κ3) is 1.92. The van der Waals surface area contributed by atoms with E-state index in [0.29, 0.717) is 6.29 Å². The van der Waals surface area contributed by atoms with Gasteiger partial charge < -0.3 is 15.2 Å². The van der Waals surface area contributed by atoms with Crippen molar-refractivity contribution in [1.29, 1.82) is 0 Å². The first-order chi connectivity index (χ1) is 6.20. The van der Waals surface area contributed by atoms with Crippen LogP contribution in [0.4, 0.5) is 0 Å². The van der Waals surface area contributed by atoms with Crippen LogP contribution in [0, 0.1) is 0 Å². The molecule has 6 heteroatoms. The molecule has 0 atom stereocenters. The summed E-state index contributed by atoms with van der Waals surface area (Å²) in [6, 6.07) is 1.42. The quantitative estimate of drug-likeness (QED) is 0.373. The number of aromatic nitrogens is 1. The van der Waals surface area contributed by atoms with Crippen LogP contribution in [-0.2, 0) is 6.61 Å². The molecule has 1 rings (SSSR count). The van der Waals surface area contributed by atoms with Gasteiger partial charge in [-0.25, -0.2) is 0 Å². The average molecular weight is 181 g/mol. The predicted molar refractivity (Wildman–Crippen MR) is 45.4 cm³/mol. The zero-order chi connectivity index (χ0) is 9.84. The summed E-state index contributed by atoms with van der Waals surface area (Å²) in [4.78, 5) is 14.1. The molecule has 1 aromatic heterocycles. The molecular formula is C7H8BNO4. The fraction of sp³-hybridized carbons (Fsp3) is 0.143. The molecule has 0 aromatic carbocycles. The minimum Gasteiger partial charge on any atom is -0.423 e. The lowest BCUT2D eigenvalue weighted by Crippen LogP contribution is -2.37. The van der Waals surface area contributed by atoms with Crippen LogP contribution in [0.3, 0.4) is 0 Å². The summed E-state index contributed by atoms with van der Waals surface area (Å²) in [5.74, 6) is 0. The number of carbonyl (C=O) groups is 1. The fourth-order valence-electron chi connectivity index (χ4n) is 1.06. The van der Waals surface area contributed by atoms with Gasteiger partial charge in [0, 0.05) is 11.7 Å². The van der Waals surface area contributed by atoms with Gasteiger partial charge in [0.25, 0.3) is 0 Å². The van der Waals surface area contributed by atoms with Gasteiger partial charge in [-0.05, 0) is 11.6 Å². The van der Waals surface area contributed by atoms with Gasteiger partial charge in [0.2, 0.25) is 0 Å². The third-order valence-electron chi connectivity index (χ3n) is 1.65. The number of pyridine rings is 1. The lowest BCUT2D eigenvalue weighted by atomic mass is 9.76. The number of nitrogens with zero attached hydrogens (tertiary/aromatic N) is 1. The van der Waals surface area contributed by atoms with E-state index in [1.807, 2.05) is 0 Å². The molecule has 0 spiro atoms. The van der Waals surface area contributed by atoms with Gasteiger partial charge >= 0.3 is 7.12 Å². The Hall–Kier alpha value is -1.24. The lowest BCUT2D eigenvalue weighted by molar-refractivity contribution is 0.111. The molecule has 1 aromatic rings. The van der Waals surface area contributed by atoms with Crippen LogP contribution < -0.4 is 5.46 Å².